The number of amides is 3. The van der Waals surface area contributed by atoms with Crippen molar-refractivity contribution in [2.24, 2.45) is 0 Å². The van der Waals surface area contributed by atoms with E-state index in [1.54, 1.807) is 24.3 Å². The van der Waals surface area contributed by atoms with Crippen molar-refractivity contribution in [3.05, 3.63) is 59.7 Å². The van der Waals surface area contributed by atoms with Gasteiger partial charge in [0.15, 0.2) is 0 Å². The molecule has 31 heavy (non-hydrogen) atoms. The van der Waals surface area contributed by atoms with Crippen LogP contribution in [-0.2, 0) is 16.0 Å². The normalized spacial score (nSPS) is 13.6. The lowest BCUT2D eigenvalue weighted by Gasteiger charge is -2.22. The number of carbonyl (C=O) groups is 3. The minimum absolute atomic E-state index is 0.278. The summed E-state index contributed by atoms with van der Waals surface area (Å²) >= 11 is 0. The molecular weight excluding hydrogens is 402 g/mol. The Kier molecular flexibility index (Phi) is 8.68. The van der Waals surface area contributed by atoms with E-state index >= 15 is 0 Å². The summed E-state index contributed by atoms with van der Waals surface area (Å²) < 4.78 is 0. The predicted molar refractivity (Wildman–Crippen MR) is 113 cm³/mol. The summed E-state index contributed by atoms with van der Waals surface area (Å²) in [4.78, 5) is 36.3. The molecule has 2 aromatic rings. The fourth-order valence-corrected chi connectivity index (χ4v) is 2.91. The minimum Gasteiger partial charge on any atom is -0.394 e. The average Bonchev–Trinajstić information content (AvgIpc) is 2.80. The topological polar surface area (TPSA) is 148 Å². The van der Waals surface area contributed by atoms with Gasteiger partial charge in [-0.2, -0.15) is 0 Å². The van der Waals surface area contributed by atoms with E-state index in [1.807, 2.05) is 24.3 Å². The molecule has 0 aromatic heterocycles. The Morgan fingerprint density at radius 1 is 0.903 bits per heavy atom. The molecule has 0 aliphatic rings. The Labute approximate surface area is 180 Å². The molecule has 0 fully saturated rings. The highest BCUT2D eigenvalue weighted by Crippen LogP contribution is 2.20. The van der Waals surface area contributed by atoms with E-state index in [4.69, 9.17) is 5.21 Å². The maximum atomic E-state index is 12.5. The molecule has 0 aliphatic carbocycles. The number of aryl methyl sites for hydroxylation is 1. The number of hydroxylamine groups is 1. The smallest absolute Gasteiger partial charge is 0.268 e. The van der Waals surface area contributed by atoms with Crippen molar-refractivity contribution < 1.29 is 29.8 Å². The minimum atomic E-state index is -1.46. The molecule has 2 rings (SSSR count). The summed E-state index contributed by atoms with van der Waals surface area (Å²) in [5, 5.41) is 32.3. The van der Waals surface area contributed by atoms with Gasteiger partial charge in [0, 0.05) is 5.56 Å². The van der Waals surface area contributed by atoms with Crippen LogP contribution in [0.2, 0.25) is 0 Å². The summed E-state index contributed by atoms with van der Waals surface area (Å²) in [6, 6.07) is 12.0. The molecule has 2 aromatic carbocycles. The molecule has 166 valence electrons. The fourth-order valence-electron chi connectivity index (χ4n) is 2.91. The van der Waals surface area contributed by atoms with Crippen LogP contribution >= 0.6 is 0 Å². The highest BCUT2D eigenvalue weighted by molar-refractivity contribution is 5.98. The van der Waals surface area contributed by atoms with E-state index in [0.29, 0.717) is 0 Å². The van der Waals surface area contributed by atoms with Gasteiger partial charge >= 0.3 is 0 Å². The summed E-state index contributed by atoms with van der Waals surface area (Å²) in [5.41, 5.74) is 4.76. The zero-order valence-electron chi connectivity index (χ0n) is 17.3. The highest BCUT2D eigenvalue weighted by Gasteiger charge is 2.29. The van der Waals surface area contributed by atoms with Crippen LogP contribution in [-0.4, -0.2) is 57.9 Å². The molecule has 0 saturated heterocycles. The number of aliphatic hydroxyl groups is 2. The predicted octanol–water partition coefficient (Wildman–Crippen LogP) is 0.378. The maximum absolute atomic E-state index is 12.5. The molecule has 0 spiro atoms. The van der Waals surface area contributed by atoms with Crippen LogP contribution in [0.3, 0.4) is 0 Å². The van der Waals surface area contributed by atoms with E-state index in [9.17, 15) is 24.6 Å². The van der Waals surface area contributed by atoms with Crippen molar-refractivity contribution in [2.45, 2.75) is 38.5 Å². The Morgan fingerprint density at radius 2 is 1.45 bits per heavy atom. The van der Waals surface area contributed by atoms with Gasteiger partial charge in [0.25, 0.3) is 11.8 Å². The van der Waals surface area contributed by atoms with Crippen molar-refractivity contribution in [1.82, 2.24) is 16.1 Å². The van der Waals surface area contributed by atoms with Crippen LogP contribution in [0.25, 0.3) is 11.1 Å². The molecule has 3 amide bonds. The number of aliphatic hydroxyl groups excluding tert-OH is 2. The molecule has 0 bridgehead atoms. The second-order valence-electron chi connectivity index (χ2n) is 7.04. The molecular formula is C22H27N3O6. The second-order valence-corrected chi connectivity index (χ2v) is 7.04. The number of hydrogen-bond donors (Lipinski definition) is 6. The van der Waals surface area contributed by atoms with Gasteiger partial charge in [-0.05, 0) is 42.2 Å². The van der Waals surface area contributed by atoms with Crippen molar-refractivity contribution >= 4 is 17.7 Å². The second kappa shape index (κ2) is 11.2. The van der Waals surface area contributed by atoms with Gasteiger partial charge < -0.3 is 20.8 Å². The van der Waals surface area contributed by atoms with Crippen molar-refractivity contribution in [1.29, 1.82) is 0 Å². The third kappa shape index (κ3) is 6.35. The maximum Gasteiger partial charge on any atom is 0.268 e. The Hall–Kier alpha value is -3.27. The van der Waals surface area contributed by atoms with E-state index in [0.717, 1.165) is 17.5 Å². The number of rotatable bonds is 9. The summed E-state index contributed by atoms with van der Waals surface area (Å²) in [6.45, 7) is 2.59. The van der Waals surface area contributed by atoms with E-state index in [-0.39, 0.29) is 5.56 Å². The standard InChI is InChI=1S/C22H27N3O6/c1-3-14-4-6-15(7-5-14)16-8-10-17(11-9-16)20(28)23-18(12-26)21(29)24-19(13(2)27)22(30)25-31/h4-11,13,18-19,26-27,31H,3,12H2,1-2H3,(H,23,28)(H,24,29)(H,25,30)/t13-,18+,19+/m1/s1. The zero-order chi connectivity index (χ0) is 23.0. The van der Waals surface area contributed by atoms with Gasteiger partial charge in [-0.1, -0.05) is 43.3 Å². The number of carbonyl (C=O) groups excluding carboxylic acids is 3. The number of benzene rings is 2. The molecule has 0 radical (unpaired) electrons. The van der Waals surface area contributed by atoms with Gasteiger partial charge in [0.05, 0.1) is 12.7 Å². The largest absolute Gasteiger partial charge is 0.394 e. The van der Waals surface area contributed by atoms with Crippen LogP contribution < -0.4 is 16.1 Å². The molecule has 0 heterocycles. The monoisotopic (exact) mass is 429 g/mol. The first-order valence-electron chi connectivity index (χ1n) is 9.84. The number of hydrogen-bond acceptors (Lipinski definition) is 6. The SMILES string of the molecule is CCc1ccc(-c2ccc(C(=O)N[C@@H](CO)C(=O)N[C@H](C(=O)NO)[C@@H](C)O)cc2)cc1. The molecule has 9 nitrogen and oxygen atoms in total. The van der Waals surface area contributed by atoms with Gasteiger partial charge in [-0.25, -0.2) is 5.48 Å². The third-order valence-corrected chi connectivity index (χ3v) is 4.82. The van der Waals surface area contributed by atoms with E-state index in [2.05, 4.69) is 17.6 Å². The first kappa shape index (κ1) is 24.0. The summed E-state index contributed by atoms with van der Waals surface area (Å²) in [7, 11) is 0. The summed E-state index contributed by atoms with van der Waals surface area (Å²) in [5.74, 6) is -2.52. The first-order chi connectivity index (χ1) is 14.8. The molecule has 6 N–H and O–H groups in total. The molecule has 9 heteroatoms. The average molecular weight is 429 g/mol. The van der Waals surface area contributed by atoms with Gasteiger partial charge in [0.1, 0.15) is 12.1 Å². The molecule has 3 atom stereocenters. The Bertz CT molecular complexity index is 896. The van der Waals surface area contributed by atoms with Gasteiger partial charge in [0.2, 0.25) is 5.91 Å². The van der Waals surface area contributed by atoms with Crippen LogP contribution in [0.5, 0.6) is 0 Å². The van der Waals surface area contributed by atoms with Gasteiger partial charge in [-0.15, -0.1) is 0 Å². The molecule has 0 aliphatic heterocycles. The van der Waals surface area contributed by atoms with Crippen LogP contribution in [0.4, 0.5) is 0 Å². The lowest BCUT2D eigenvalue weighted by Crippen LogP contribution is -2.57. The van der Waals surface area contributed by atoms with Crippen molar-refractivity contribution in [3.63, 3.8) is 0 Å². The fraction of sp³-hybridized carbons (Fsp3) is 0.318. The van der Waals surface area contributed by atoms with Crippen molar-refractivity contribution in [3.8, 4) is 11.1 Å². The Balaban J connectivity index is 2.06. The number of nitrogens with one attached hydrogen (secondary N) is 3. The van der Waals surface area contributed by atoms with Gasteiger partial charge in [-0.3, -0.25) is 19.6 Å². The van der Waals surface area contributed by atoms with Crippen LogP contribution in [0.1, 0.15) is 29.8 Å². The van der Waals surface area contributed by atoms with Crippen LogP contribution in [0.15, 0.2) is 48.5 Å². The lowest BCUT2D eigenvalue weighted by molar-refractivity contribution is -0.138. The lowest BCUT2D eigenvalue weighted by atomic mass is 10.0. The Morgan fingerprint density at radius 3 is 1.90 bits per heavy atom. The summed E-state index contributed by atoms with van der Waals surface area (Å²) in [6.07, 6.45) is -0.369. The zero-order valence-corrected chi connectivity index (χ0v) is 17.3. The van der Waals surface area contributed by atoms with E-state index in [1.165, 1.54) is 18.0 Å². The van der Waals surface area contributed by atoms with E-state index < -0.39 is 42.5 Å². The highest BCUT2D eigenvalue weighted by atomic mass is 16.5. The van der Waals surface area contributed by atoms with Crippen LogP contribution in [0, 0.1) is 0 Å². The quantitative estimate of drug-likeness (QED) is 0.251. The van der Waals surface area contributed by atoms with Crippen molar-refractivity contribution in [2.75, 3.05) is 6.61 Å². The third-order valence-electron chi connectivity index (χ3n) is 4.82. The molecule has 0 saturated carbocycles. The molecule has 0 unspecified atom stereocenters. The first-order valence-corrected chi connectivity index (χ1v) is 9.84.